The highest BCUT2D eigenvalue weighted by molar-refractivity contribution is 5.76. The number of hydrogen-bond acceptors (Lipinski definition) is 5. The maximum absolute atomic E-state index is 4.48. The van der Waals surface area contributed by atoms with E-state index in [2.05, 4.69) is 25.0 Å². The van der Waals surface area contributed by atoms with Crippen LogP contribution in [0.3, 0.4) is 0 Å². The zero-order valence-corrected chi connectivity index (χ0v) is 11.3. The fourth-order valence-electron chi connectivity index (χ4n) is 2.17. The summed E-state index contributed by atoms with van der Waals surface area (Å²) in [5, 5.41) is 6.56. The van der Waals surface area contributed by atoms with Crippen molar-refractivity contribution < 1.29 is 0 Å². The zero-order chi connectivity index (χ0) is 13.6. The van der Waals surface area contributed by atoms with Gasteiger partial charge in [0.15, 0.2) is 0 Å². The van der Waals surface area contributed by atoms with Crippen LogP contribution in [0.5, 0.6) is 0 Å². The Bertz CT molecular complexity index is 547. The van der Waals surface area contributed by atoms with Crippen LogP contribution in [0.15, 0.2) is 53.9 Å². The van der Waals surface area contributed by atoms with E-state index < -0.39 is 0 Å². The average Bonchev–Trinajstić information content (AvgIpc) is 2.55. The summed E-state index contributed by atoms with van der Waals surface area (Å²) in [6.07, 6.45) is 5.43. The molecular weight excluding hydrogens is 250 g/mol. The number of hydrogen-bond donors (Lipinski definition) is 0. The molecule has 20 heavy (non-hydrogen) atoms. The van der Waals surface area contributed by atoms with Crippen LogP contribution in [0, 0.1) is 0 Å². The number of anilines is 1. The van der Waals surface area contributed by atoms with Crippen LogP contribution >= 0.6 is 0 Å². The molecule has 0 N–H and O–H groups in total. The number of piperazine rings is 1. The lowest BCUT2D eigenvalue weighted by atomic mass is 10.3. The van der Waals surface area contributed by atoms with Crippen molar-refractivity contribution in [3.8, 4) is 0 Å². The highest BCUT2D eigenvalue weighted by Crippen LogP contribution is 2.12. The Morgan fingerprint density at radius 1 is 0.900 bits per heavy atom. The van der Waals surface area contributed by atoms with Crippen molar-refractivity contribution in [1.82, 2.24) is 15.0 Å². The van der Waals surface area contributed by atoms with Gasteiger partial charge in [0.25, 0.3) is 0 Å². The van der Waals surface area contributed by atoms with Crippen LogP contribution in [0.4, 0.5) is 5.82 Å². The van der Waals surface area contributed by atoms with E-state index in [1.807, 2.05) is 48.8 Å². The van der Waals surface area contributed by atoms with Gasteiger partial charge in [0, 0.05) is 25.5 Å². The van der Waals surface area contributed by atoms with Crippen molar-refractivity contribution in [2.45, 2.75) is 0 Å². The topological polar surface area (TPSA) is 44.6 Å². The van der Waals surface area contributed by atoms with Crippen LogP contribution in [0.25, 0.3) is 0 Å². The highest BCUT2D eigenvalue weighted by atomic mass is 15.5. The second kappa shape index (κ2) is 6.14. The van der Waals surface area contributed by atoms with Gasteiger partial charge in [-0.15, -0.1) is 0 Å². The Balaban J connectivity index is 1.55. The zero-order valence-electron chi connectivity index (χ0n) is 11.3. The SMILES string of the molecule is C(=NN1CCN(c2ccccn2)CC1)c1ccccn1. The van der Waals surface area contributed by atoms with Crippen molar-refractivity contribution in [2.75, 3.05) is 31.1 Å². The Morgan fingerprint density at radius 2 is 1.65 bits per heavy atom. The monoisotopic (exact) mass is 267 g/mol. The first kappa shape index (κ1) is 12.6. The molecule has 0 aromatic carbocycles. The smallest absolute Gasteiger partial charge is 0.128 e. The third-order valence-corrected chi connectivity index (χ3v) is 3.27. The van der Waals surface area contributed by atoms with Gasteiger partial charge < -0.3 is 4.90 Å². The van der Waals surface area contributed by atoms with Crippen molar-refractivity contribution in [3.05, 3.63) is 54.5 Å². The molecule has 3 heterocycles. The molecule has 1 fully saturated rings. The molecule has 0 saturated carbocycles. The Hall–Kier alpha value is -2.43. The van der Waals surface area contributed by atoms with Gasteiger partial charge in [-0.25, -0.2) is 4.98 Å². The van der Waals surface area contributed by atoms with Gasteiger partial charge >= 0.3 is 0 Å². The number of pyridine rings is 2. The Morgan fingerprint density at radius 3 is 2.30 bits per heavy atom. The third kappa shape index (κ3) is 3.12. The molecule has 5 heteroatoms. The van der Waals surface area contributed by atoms with E-state index in [4.69, 9.17) is 0 Å². The molecule has 3 rings (SSSR count). The number of nitrogens with zero attached hydrogens (tertiary/aromatic N) is 5. The van der Waals surface area contributed by atoms with Crippen LogP contribution in [0.2, 0.25) is 0 Å². The van der Waals surface area contributed by atoms with E-state index in [1.165, 1.54) is 0 Å². The van der Waals surface area contributed by atoms with Gasteiger partial charge in [-0.3, -0.25) is 9.99 Å². The fraction of sp³-hybridized carbons (Fsp3) is 0.267. The lowest BCUT2D eigenvalue weighted by Gasteiger charge is -2.33. The van der Waals surface area contributed by atoms with Gasteiger partial charge in [-0.05, 0) is 24.3 Å². The van der Waals surface area contributed by atoms with Gasteiger partial charge in [0.05, 0.1) is 25.0 Å². The summed E-state index contributed by atoms with van der Waals surface area (Å²) < 4.78 is 0. The fourth-order valence-corrected chi connectivity index (χ4v) is 2.17. The maximum atomic E-state index is 4.48. The summed E-state index contributed by atoms with van der Waals surface area (Å²) in [6, 6.07) is 11.8. The summed E-state index contributed by atoms with van der Waals surface area (Å²) in [6.45, 7) is 3.69. The van der Waals surface area contributed by atoms with E-state index in [0.29, 0.717) is 0 Å². The molecule has 0 atom stereocenters. The van der Waals surface area contributed by atoms with E-state index in [1.54, 1.807) is 6.20 Å². The lowest BCUT2D eigenvalue weighted by molar-refractivity contribution is 0.271. The van der Waals surface area contributed by atoms with Crippen molar-refractivity contribution in [3.63, 3.8) is 0 Å². The molecule has 0 spiro atoms. The largest absolute Gasteiger partial charge is 0.353 e. The molecular formula is C15H17N5. The molecule has 1 saturated heterocycles. The highest BCUT2D eigenvalue weighted by Gasteiger charge is 2.15. The molecule has 2 aromatic heterocycles. The van der Waals surface area contributed by atoms with Crippen molar-refractivity contribution in [1.29, 1.82) is 0 Å². The van der Waals surface area contributed by atoms with Crippen molar-refractivity contribution in [2.24, 2.45) is 5.10 Å². The molecule has 2 aromatic rings. The van der Waals surface area contributed by atoms with Gasteiger partial charge in [0.2, 0.25) is 0 Å². The van der Waals surface area contributed by atoms with Gasteiger partial charge in [0.1, 0.15) is 5.82 Å². The minimum Gasteiger partial charge on any atom is -0.353 e. The standard InChI is InChI=1S/C15H17N5/c1-3-7-16-14(5-1)13-18-20-11-9-19(10-12-20)15-6-2-4-8-17-15/h1-8,13H,9-12H2. The van der Waals surface area contributed by atoms with Gasteiger partial charge in [-0.1, -0.05) is 12.1 Å². The number of hydrazone groups is 1. The predicted octanol–water partition coefficient (Wildman–Crippen LogP) is 1.63. The predicted molar refractivity (Wildman–Crippen MR) is 79.9 cm³/mol. The molecule has 0 bridgehead atoms. The second-order valence-electron chi connectivity index (χ2n) is 4.63. The summed E-state index contributed by atoms with van der Waals surface area (Å²) in [7, 11) is 0. The van der Waals surface area contributed by atoms with E-state index >= 15 is 0 Å². The average molecular weight is 267 g/mol. The third-order valence-electron chi connectivity index (χ3n) is 3.27. The molecule has 5 nitrogen and oxygen atoms in total. The molecule has 0 aliphatic carbocycles. The first-order valence-electron chi connectivity index (χ1n) is 6.78. The molecule has 1 aliphatic heterocycles. The van der Waals surface area contributed by atoms with E-state index in [-0.39, 0.29) is 0 Å². The summed E-state index contributed by atoms with van der Waals surface area (Å²) >= 11 is 0. The van der Waals surface area contributed by atoms with Crippen LogP contribution < -0.4 is 4.90 Å². The molecule has 0 amide bonds. The van der Waals surface area contributed by atoms with Crippen LogP contribution in [0.1, 0.15) is 5.69 Å². The Kier molecular flexibility index (Phi) is 3.87. The molecule has 0 radical (unpaired) electrons. The lowest BCUT2D eigenvalue weighted by Crippen LogP contribution is -2.44. The normalized spacial score (nSPS) is 15.8. The maximum Gasteiger partial charge on any atom is 0.128 e. The second-order valence-corrected chi connectivity index (χ2v) is 4.63. The van der Waals surface area contributed by atoms with Crippen molar-refractivity contribution >= 4 is 12.0 Å². The van der Waals surface area contributed by atoms with Crippen LogP contribution in [-0.2, 0) is 0 Å². The summed E-state index contributed by atoms with van der Waals surface area (Å²) in [5.41, 5.74) is 0.889. The molecule has 1 aliphatic rings. The Labute approximate surface area is 118 Å². The van der Waals surface area contributed by atoms with E-state index in [0.717, 1.165) is 37.7 Å². The molecule has 0 unspecified atom stereocenters. The first-order valence-corrected chi connectivity index (χ1v) is 6.78. The minimum absolute atomic E-state index is 0.889. The van der Waals surface area contributed by atoms with Crippen LogP contribution in [-0.4, -0.2) is 47.4 Å². The van der Waals surface area contributed by atoms with Gasteiger partial charge in [-0.2, -0.15) is 5.10 Å². The quantitative estimate of drug-likeness (QED) is 0.793. The number of aromatic nitrogens is 2. The number of rotatable bonds is 3. The first-order chi connectivity index (χ1) is 9.92. The summed E-state index contributed by atoms with van der Waals surface area (Å²) in [4.78, 5) is 10.9. The molecule has 102 valence electrons. The summed E-state index contributed by atoms with van der Waals surface area (Å²) in [5.74, 6) is 1.04. The van der Waals surface area contributed by atoms with E-state index in [9.17, 15) is 0 Å². The minimum atomic E-state index is 0.889.